The Kier molecular flexibility index (Phi) is 5.86. The largest absolute Gasteiger partial charge is 0.345 e. The quantitative estimate of drug-likeness (QED) is 0.598. The molecule has 0 radical (unpaired) electrons. The van der Waals surface area contributed by atoms with Gasteiger partial charge in [-0.25, -0.2) is 13.4 Å². The second-order valence-corrected chi connectivity index (χ2v) is 10.8. The van der Waals surface area contributed by atoms with Crippen LogP contribution in [0.2, 0.25) is 0 Å². The highest BCUT2D eigenvalue weighted by molar-refractivity contribution is 7.89. The summed E-state index contributed by atoms with van der Waals surface area (Å²) in [4.78, 5) is 36.3. The number of aromatic nitrogens is 2. The number of aryl methyl sites for hydroxylation is 1. The van der Waals surface area contributed by atoms with Gasteiger partial charge in [0.2, 0.25) is 21.8 Å². The molecule has 2 aliphatic rings. The lowest BCUT2D eigenvalue weighted by atomic mass is 10.1. The van der Waals surface area contributed by atoms with Crippen LogP contribution in [-0.4, -0.2) is 77.0 Å². The van der Waals surface area contributed by atoms with E-state index in [4.69, 9.17) is 0 Å². The summed E-state index contributed by atoms with van der Waals surface area (Å²) in [6, 6.07) is 11.5. The van der Waals surface area contributed by atoms with Gasteiger partial charge in [0, 0.05) is 63.5 Å². The number of hydrogen-bond acceptors (Lipinski definition) is 5. The highest BCUT2D eigenvalue weighted by atomic mass is 32.2. The normalized spacial score (nSPS) is 19.8. The Hall–Kier alpha value is -3.24. The van der Waals surface area contributed by atoms with Crippen LogP contribution in [0.15, 0.2) is 53.7 Å². The number of piperazine rings is 1. The number of nitrogens with one attached hydrogen (secondary N) is 1. The van der Waals surface area contributed by atoms with Crippen LogP contribution in [0.1, 0.15) is 17.5 Å². The standard InChI is InChI=1S/C24H27N5O4S/c1-17-4-6-18(7-5-17)15-28-16-19(13-22(28)30)24(31)27-9-11-29(12-10-27)34(32,33)21-14-26-23-20(21)3-2-8-25-23/h2-8,14,19H,9-13,15-16H2,1H3,(H,25,26). The van der Waals surface area contributed by atoms with Crippen molar-refractivity contribution in [2.45, 2.75) is 24.8 Å². The molecule has 2 aliphatic heterocycles. The molecular formula is C24H27N5O4S. The number of nitrogens with zero attached hydrogens (tertiary/aromatic N) is 4. The molecule has 4 heterocycles. The number of likely N-dealkylation sites (tertiary alicyclic amines) is 1. The molecule has 0 spiro atoms. The zero-order valence-corrected chi connectivity index (χ0v) is 19.8. The van der Waals surface area contributed by atoms with Gasteiger partial charge in [0.15, 0.2) is 0 Å². The summed E-state index contributed by atoms with van der Waals surface area (Å²) in [7, 11) is -3.71. The maximum atomic E-state index is 13.2. The summed E-state index contributed by atoms with van der Waals surface area (Å²) < 4.78 is 27.8. The molecule has 3 aromatic rings. The molecule has 1 N–H and O–H groups in total. The number of pyridine rings is 1. The van der Waals surface area contributed by atoms with Crippen molar-refractivity contribution >= 4 is 32.9 Å². The molecule has 0 aliphatic carbocycles. The van der Waals surface area contributed by atoms with Crippen LogP contribution in [0.5, 0.6) is 0 Å². The number of amides is 2. The Morgan fingerprint density at radius 2 is 1.85 bits per heavy atom. The lowest BCUT2D eigenvalue weighted by Gasteiger charge is -2.35. The van der Waals surface area contributed by atoms with E-state index >= 15 is 0 Å². The minimum absolute atomic E-state index is 0.0203. The van der Waals surface area contributed by atoms with Gasteiger partial charge < -0.3 is 14.8 Å². The van der Waals surface area contributed by atoms with Crippen LogP contribution in [0.4, 0.5) is 0 Å². The summed E-state index contributed by atoms with van der Waals surface area (Å²) >= 11 is 0. The molecule has 34 heavy (non-hydrogen) atoms. The van der Waals surface area contributed by atoms with Crippen LogP contribution in [0.25, 0.3) is 11.0 Å². The molecule has 2 fully saturated rings. The third-order valence-corrected chi connectivity index (χ3v) is 8.58. The minimum atomic E-state index is -3.71. The van der Waals surface area contributed by atoms with E-state index < -0.39 is 10.0 Å². The summed E-state index contributed by atoms with van der Waals surface area (Å²) in [5.41, 5.74) is 2.72. The van der Waals surface area contributed by atoms with Gasteiger partial charge in [-0.15, -0.1) is 0 Å². The number of hydrogen-bond donors (Lipinski definition) is 1. The molecule has 1 aromatic carbocycles. The van der Waals surface area contributed by atoms with E-state index in [2.05, 4.69) is 9.97 Å². The SMILES string of the molecule is Cc1ccc(CN2CC(C(=O)N3CCN(S(=O)(=O)c4c[nH]c5ncccc45)CC3)CC2=O)cc1. The summed E-state index contributed by atoms with van der Waals surface area (Å²) in [6.07, 6.45) is 3.28. The predicted molar refractivity (Wildman–Crippen MR) is 126 cm³/mol. The predicted octanol–water partition coefficient (Wildman–Crippen LogP) is 1.75. The van der Waals surface area contributed by atoms with E-state index in [0.717, 1.165) is 11.1 Å². The average Bonchev–Trinajstić information content (AvgIpc) is 3.44. The van der Waals surface area contributed by atoms with E-state index in [1.807, 2.05) is 31.2 Å². The molecule has 1 atom stereocenters. The van der Waals surface area contributed by atoms with Gasteiger partial charge in [0.1, 0.15) is 10.5 Å². The summed E-state index contributed by atoms with van der Waals surface area (Å²) in [5, 5.41) is 0.555. The number of carbonyl (C=O) groups is 2. The summed E-state index contributed by atoms with van der Waals surface area (Å²) in [6.45, 7) is 3.95. The molecule has 0 saturated carbocycles. The molecular weight excluding hydrogens is 454 g/mol. The van der Waals surface area contributed by atoms with Crippen molar-refractivity contribution in [2.24, 2.45) is 5.92 Å². The Labute approximate surface area is 198 Å². The molecule has 9 nitrogen and oxygen atoms in total. The zero-order valence-electron chi connectivity index (χ0n) is 19.0. The van der Waals surface area contributed by atoms with Gasteiger partial charge >= 0.3 is 0 Å². The van der Waals surface area contributed by atoms with Gasteiger partial charge in [-0.2, -0.15) is 4.31 Å². The van der Waals surface area contributed by atoms with Crippen LogP contribution in [-0.2, 0) is 26.2 Å². The first-order chi connectivity index (χ1) is 16.3. The molecule has 1 unspecified atom stereocenters. The maximum absolute atomic E-state index is 13.2. The van der Waals surface area contributed by atoms with Gasteiger partial charge in [-0.1, -0.05) is 29.8 Å². The van der Waals surface area contributed by atoms with Gasteiger partial charge in [-0.3, -0.25) is 9.59 Å². The Balaban J connectivity index is 1.20. The molecule has 2 saturated heterocycles. The van der Waals surface area contributed by atoms with E-state index in [0.29, 0.717) is 37.2 Å². The lowest BCUT2D eigenvalue weighted by Crippen LogP contribution is -2.52. The maximum Gasteiger partial charge on any atom is 0.245 e. The van der Waals surface area contributed by atoms with Crippen molar-refractivity contribution in [1.29, 1.82) is 0 Å². The number of sulfonamides is 1. The molecule has 10 heteroatoms. The third-order valence-electron chi connectivity index (χ3n) is 6.64. The van der Waals surface area contributed by atoms with Crippen molar-refractivity contribution in [3.63, 3.8) is 0 Å². The topological polar surface area (TPSA) is 107 Å². The first-order valence-electron chi connectivity index (χ1n) is 11.4. The Bertz CT molecular complexity index is 1330. The van der Waals surface area contributed by atoms with Crippen LogP contribution in [0, 0.1) is 12.8 Å². The fourth-order valence-corrected chi connectivity index (χ4v) is 6.27. The molecule has 2 amide bonds. The number of carbonyl (C=O) groups excluding carboxylic acids is 2. The van der Waals surface area contributed by atoms with Crippen molar-refractivity contribution in [3.05, 3.63) is 59.9 Å². The van der Waals surface area contributed by atoms with Crippen molar-refractivity contribution in [3.8, 4) is 0 Å². The second kappa shape index (κ2) is 8.84. The van der Waals surface area contributed by atoms with Crippen LogP contribution >= 0.6 is 0 Å². The average molecular weight is 482 g/mol. The number of rotatable bonds is 5. The van der Waals surface area contributed by atoms with Crippen LogP contribution < -0.4 is 0 Å². The zero-order chi connectivity index (χ0) is 23.9. The highest BCUT2D eigenvalue weighted by Gasteiger charge is 2.38. The van der Waals surface area contributed by atoms with E-state index in [1.54, 1.807) is 28.1 Å². The molecule has 0 bridgehead atoms. The second-order valence-electron chi connectivity index (χ2n) is 8.94. The number of aromatic amines is 1. The van der Waals surface area contributed by atoms with Gasteiger partial charge in [-0.05, 0) is 24.6 Å². The number of fused-ring (bicyclic) bond motifs is 1. The van der Waals surface area contributed by atoms with E-state index in [9.17, 15) is 18.0 Å². The molecule has 2 aromatic heterocycles. The van der Waals surface area contributed by atoms with Crippen molar-refractivity contribution in [2.75, 3.05) is 32.7 Å². The fraction of sp³-hybridized carbons (Fsp3) is 0.375. The van der Waals surface area contributed by atoms with Gasteiger partial charge in [0.05, 0.1) is 5.92 Å². The lowest BCUT2D eigenvalue weighted by molar-refractivity contribution is -0.137. The van der Waals surface area contributed by atoms with E-state index in [-0.39, 0.29) is 42.1 Å². The molecule has 178 valence electrons. The van der Waals surface area contributed by atoms with E-state index in [1.165, 1.54) is 10.5 Å². The van der Waals surface area contributed by atoms with Crippen molar-refractivity contribution < 1.29 is 18.0 Å². The Morgan fingerprint density at radius 1 is 1.12 bits per heavy atom. The van der Waals surface area contributed by atoms with Crippen molar-refractivity contribution in [1.82, 2.24) is 24.1 Å². The minimum Gasteiger partial charge on any atom is -0.345 e. The monoisotopic (exact) mass is 481 g/mol. The first kappa shape index (κ1) is 22.5. The first-order valence-corrected chi connectivity index (χ1v) is 12.8. The summed E-state index contributed by atoms with van der Waals surface area (Å²) in [5.74, 6) is -0.484. The highest BCUT2D eigenvalue weighted by Crippen LogP contribution is 2.27. The fourth-order valence-electron chi connectivity index (χ4n) is 4.69. The number of H-pyrrole nitrogens is 1. The Morgan fingerprint density at radius 3 is 2.59 bits per heavy atom. The van der Waals surface area contributed by atoms with Gasteiger partial charge in [0.25, 0.3) is 0 Å². The molecule has 5 rings (SSSR count). The third kappa shape index (κ3) is 4.19. The van der Waals surface area contributed by atoms with Crippen LogP contribution in [0.3, 0.4) is 0 Å². The smallest absolute Gasteiger partial charge is 0.245 e. The number of benzene rings is 1.